The van der Waals surface area contributed by atoms with E-state index in [9.17, 15) is 14.7 Å². The van der Waals surface area contributed by atoms with Crippen LogP contribution in [0.5, 0.6) is 0 Å². The van der Waals surface area contributed by atoms with Crippen LogP contribution in [0.25, 0.3) is 21.5 Å². The minimum Gasteiger partial charge on any atom is -0.480 e. The Morgan fingerprint density at radius 2 is 1.81 bits per heavy atom. The number of hydrogen-bond acceptors (Lipinski definition) is 3. The highest BCUT2D eigenvalue weighted by atomic mass is 16.5. The molecule has 0 spiro atoms. The summed E-state index contributed by atoms with van der Waals surface area (Å²) in [6.45, 7) is 0. The van der Waals surface area contributed by atoms with Crippen LogP contribution in [0, 0.1) is 5.92 Å². The van der Waals surface area contributed by atoms with Crippen LogP contribution < -0.4 is 0 Å². The van der Waals surface area contributed by atoms with E-state index in [-0.39, 0.29) is 12.0 Å². The number of aliphatic carboxylic acids is 1. The summed E-state index contributed by atoms with van der Waals surface area (Å²) < 4.78 is 4.96. The lowest BCUT2D eigenvalue weighted by Crippen LogP contribution is -2.41. The molecule has 1 amide bonds. The monoisotopic (exact) mass is 361 g/mol. The second-order valence-electron chi connectivity index (χ2n) is 7.40. The lowest BCUT2D eigenvalue weighted by atomic mass is 9.93. The molecule has 0 unspecified atom stereocenters. The molecule has 5 heteroatoms. The molecule has 0 bridgehead atoms. The Morgan fingerprint density at radius 3 is 2.59 bits per heavy atom. The molecule has 0 saturated carbocycles. The summed E-state index contributed by atoms with van der Waals surface area (Å²) in [7, 11) is 1.31. The van der Waals surface area contributed by atoms with Crippen LogP contribution in [0.4, 0.5) is 4.79 Å². The van der Waals surface area contributed by atoms with Crippen LogP contribution in [0.1, 0.15) is 23.6 Å². The second kappa shape index (κ2) is 5.71. The van der Waals surface area contributed by atoms with Crippen molar-refractivity contribution >= 4 is 33.6 Å². The number of hydrogen-bond donors (Lipinski definition) is 1. The Kier molecular flexibility index (Phi) is 3.41. The zero-order valence-corrected chi connectivity index (χ0v) is 14.9. The summed E-state index contributed by atoms with van der Waals surface area (Å²) in [4.78, 5) is 25.8. The molecule has 5 nitrogen and oxygen atoms in total. The van der Waals surface area contributed by atoms with Crippen LogP contribution in [0.15, 0.2) is 48.5 Å². The summed E-state index contributed by atoms with van der Waals surface area (Å²) in [6.07, 6.45) is 0.673. The molecule has 3 atom stereocenters. The smallest absolute Gasteiger partial charge is 0.410 e. The van der Waals surface area contributed by atoms with Crippen LogP contribution in [-0.2, 0) is 16.0 Å². The minimum absolute atomic E-state index is 0.102. The number of methoxy groups -OCH3 is 1. The molecule has 1 saturated heterocycles. The molecule has 5 rings (SSSR count). The Balaban J connectivity index is 1.80. The lowest BCUT2D eigenvalue weighted by molar-refractivity contribution is -0.142. The molecule has 0 radical (unpaired) electrons. The fourth-order valence-electron chi connectivity index (χ4n) is 5.05. The van der Waals surface area contributed by atoms with Gasteiger partial charge in [0.2, 0.25) is 0 Å². The number of rotatable bonds is 1. The number of carboxylic acids is 1. The maximum atomic E-state index is 12.5. The number of likely N-dealkylation sites (tertiary alicyclic amines) is 1. The number of carbonyl (C=O) groups excluding carboxylic acids is 1. The predicted molar refractivity (Wildman–Crippen MR) is 102 cm³/mol. The third kappa shape index (κ3) is 2.17. The molecule has 1 N–H and O–H groups in total. The van der Waals surface area contributed by atoms with E-state index in [0.717, 1.165) is 33.5 Å². The van der Waals surface area contributed by atoms with Gasteiger partial charge in [0.15, 0.2) is 0 Å². The van der Waals surface area contributed by atoms with Gasteiger partial charge < -0.3 is 9.84 Å². The number of carbonyl (C=O) groups is 2. The first-order chi connectivity index (χ1) is 13.1. The van der Waals surface area contributed by atoms with E-state index < -0.39 is 18.1 Å². The zero-order valence-electron chi connectivity index (χ0n) is 14.9. The Bertz CT molecular complexity index is 1110. The Morgan fingerprint density at radius 1 is 1.07 bits per heavy atom. The number of carboxylic acid groups (broad SMARTS) is 1. The van der Waals surface area contributed by atoms with Gasteiger partial charge in [-0.2, -0.15) is 0 Å². The van der Waals surface area contributed by atoms with Gasteiger partial charge in [0.05, 0.1) is 13.2 Å². The number of ether oxygens (including phenoxy) is 1. The predicted octanol–water partition coefficient (Wildman–Crippen LogP) is 4.13. The van der Waals surface area contributed by atoms with Crippen molar-refractivity contribution in [2.75, 3.05) is 7.11 Å². The van der Waals surface area contributed by atoms with Gasteiger partial charge in [-0.05, 0) is 51.4 Å². The highest BCUT2D eigenvalue weighted by Gasteiger charge is 2.52. The van der Waals surface area contributed by atoms with Crippen LogP contribution >= 0.6 is 0 Å². The van der Waals surface area contributed by atoms with Gasteiger partial charge in [0, 0.05) is 0 Å². The first kappa shape index (κ1) is 16.1. The third-order valence-corrected chi connectivity index (χ3v) is 6.10. The van der Waals surface area contributed by atoms with Gasteiger partial charge in [-0.3, -0.25) is 4.90 Å². The molecule has 27 heavy (non-hydrogen) atoms. The normalized spacial score (nSPS) is 23.4. The Hall–Kier alpha value is -3.08. The molecule has 1 aliphatic carbocycles. The maximum absolute atomic E-state index is 12.5. The highest BCUT2D eigenvalue weighted by Crippen LogP contribution is 2.52. The minimum atomic E-state index is -0.971. The fourth-order valence-corrected chi connectivity index (χ4v) is 5.05. The first-order valence-corrected chi connectivity index (χ1v) is 9.12. The molecule has 1 heterocycles. The first-order valence-electron chi connectivity index (χ1n) is 9.12. The average molecular weight is 361 g/mol. The van der Waals surface area contributed by atoms with Gasteiger partial charge in [0.1, 0.15) is 6.04 Å². The fraction of sp³-hybridized carbons (Fsp3) is 0.273. The molecular formula is C22H19NO4. The van der Waals surface area contributed by atoms with Crippen LogP contribution in [-0.4, -0.2) is 35.2 Å². The standard InChI is InChI=1S/C22H19NO4/c1-27-22(26)23-17(21(24)25)11-15-10-14-9-8-13-7-6-12-4-2-3-5-16(12)18(13)19(14)20(15)23/h2-9,15,17,20H,10-11H2,1H3,(H,24,25)/t15-,17+,20+/m1/s1. The van der Waals surface area contributed by atoms with Gasteiger partial charge in [0.25, 0.3) is 0 Å². The molecule has 0 aromatic heterocycles. The van der Waals surface area contributed by atoms with E-state index in [1.54, 1.807) is 0 Å². The van der Waals surface area contributed by atoms with Gasteiger partial charge in [-0.1, -0.05) is 48.5 Å². The van der Waals surface area contributed by atoms with Crippen molar-refractivity contribution in [3.8, 4) is 0 Å². The van der Waals surface area contributed by atoms with Crippen molar-refractivity contribution in [1.82, 2.24) is 4.90 Å². The van der Waals surface area contributed by atoms with Crippen LogP contribution in [0.3, 0.4) is 0 Å². The largest absolute Gasteiger partial charge is 0.480 e. The second-order valence-corrected chi connectivity index (χ2v) is 7.40. The van der Waals surface area contributed by atoms with Crippen molar-refractivity contribution in [3.05, 3.63) is 59.7 Å². The number of benzene rings is 3. The summed E-state index contributed by atoms with van der Waals surface area (Å²) >= 11 is 0. The van der Waals surface area contributed by atoms with E-state index in [1.165, 1.54) is 17.6 Å². The lowest BCUT2D eigenvalue weighted by Gasteiger charge is -2.28. The van der Waals surface area contributed by atoms with E-state index in [0.29, 0.717) is 6.42 Å². The van der Waals surface area contributed by atoms with E-state index >= 15 is 0 Å². The zero-order chi connectivity index (χ0) is 18.7. The molecule has 1 aliphatic heterocycles. The summed E-state index contributed by atoms with van der Waals surface area (Å²) in [5, 5.41) is 14.2. The molecular weight excluding hydrogens is 342 g/mol. The van der Waals surface area contributed by atoms with Crippen molar-refractivity contribution in [3.63, 3.8) is 0 Å². The van der Waals surface area contributed by atoms with Crippen molar-refractivity contribution in [2.24, 2.45) is 5.92 Å². The van der Waals surface area contributed by atoms with Gasteiger partial charge in [-0.25, -0.2) is 9.59 Å². The van der Waals surface area contributed by atoms with Crippen molar-refractivity contribution in [2.45, 2.75) is 24.9 Å². The molecule has 3 aromatic rings. The molecule has 3 aromatic carbocycles. The average Bonchev–Trinajstić information content (AvgIpc) is 3.23. The topological polar surface area (TPSA) is 66.8 Å². The molecule has 1 fully saturated rings. The molecule has 2 aliphatic rings. The number of nitrogens with zero attached hydrogens (tertiary/aromatic N) is 1. The van der Waals surface area contributed by atoms with Crippen LogP contribution in [0.2, 0.25) is 0 Å². The number of amides is 1. The van der Waals surface area contributed by atoms with Gasteiger partial charge >= 0.3 is 12.1 Å². The number of fused-ring (bicyclic) bond motifs is 7. The van der Waals surface area contributed by atoms with Crippen molar-refractivity contribution in [1.29, 1.82) is 0 Å². The van der Waals surface area contributed by atoms with Crippen molar-refractivity contribution < 1.29 is 19.4 Å². The quantitative estimate of drug-likeness (QED) is 0.662. The van der Waals surface area contributed by atoms with E-state index in [1.807, 2.05) is 12.1 Å². The third-order valence-electron chi connectivity index (χ3n) is 6.10. The van der Waals surface area contributed by atoms with E-state index in [2.05, 4.69) is 36.4 Å². The summed E-state index contributed by atoms with van der Waals surface area (Å²) in [6, 6.07) is 15.5. The maximum Gasteiger partial charge on any atom is 0.410 e. The summed E-state index contributed by atoms with van der Waals surface area (Å²) in [5.41, 5.74) is 2.29. The highest BCUT2D eigenvalue weighted by molar-refractivity contribution is 6.10. The summed E-state index contributed by atoms with van der Waals surface area (Å²) in [5.74, 6) is -0.869. The van der Waals surface area contributed by atoms with E-state index in [4.69, 9.17) is 4.74 Å². The SMILES string of the molecule is COC(=O)N1[C@@H]2c3c(ccc4ccc5ccccc5c34)C[C@@H]2C[C@H]1C(=O)O. The Labute approximate surface area is 156 Å². The van der Waals surface area contributed by atoms with Gasteiger partial charge in [-0.15, -0.1) is 0 Å². The molecule has 136 valence electrons.